The zero-order valence-electron chi connectivity index (χ0n) is 10.8. The van der Waals surface area contributed by atoms with Crippen molar-refractivity contribution in [3.05, 3.63) is 0 Å². The van der Waals surface area contributed by atoms with E-state index < -0.39 is 12.8 Å². The Morgan fingerprint density at radius 2 is 1.94 bits per heavy atom. The van der Waals surface area contributed by atoms with Crippen LogP contribution in [0.3, 0.4) is 0 Å². The third kappa shape index (κ3) is 6.02. The smallest absolute Gasteiger partial charge is 0.381 e. The van der Waals surface area contributed by atoms with Gasteiger partial charge in [-0.05, 0) is 25.8 Å². The predicted molar refractivity (Wildman–Crippen MR) is 62.5 cm³/mol. The first kappa shape index (κ1) is 15.7. The van der Waals surface area contributed by atoms with Gasteiger partial charge in [0.25, 0.3) is 0 Å². The van der Waals surface area contributed by atoms with Gasteiger partial charge in [-0.25, -0.2) is 0 Å². The summed E-state index contributed by atoms with van der Waals surface area (Å²) in [5.41, 5.74) is -0.210. The van der Waals surface area contributed by atoms with Gasteiger partial charge in [0.15, 0.2) is 0 Å². The van der Waals surface area contributed by atoms with Crippen molar-refractivity contribution in [2.24, 2.45) is 5.41 Å². The first-order valence-electron chi connectivity index (χ1n) is 6.40. The van der Waals surface area contributed by atoms with Crippen molar-refractivity contribution in [3.8, 4) is 0 Å². The van der Waals surface area contributed by atoms with Crippen LogP contribution >= 0.6 is 0 Å². The van der Waals surface area contributed by atoms with Crippen LogP contribution in [-0.2, 0) is 9.47 Å². The van der Waals surface area contributed by atoms with Crippen molar-refractivity contribution in [2.75, 3.05) is 39.5 Å². The molecule has 1 fully saturated rings. The van der Waals surface area contributed by atoms with E-state index in [4.69, 9.17) is 9.47 Å². The highest BCUT2D eigenvalue weighted by Gasteiger charge is 2.35. The quantitative estimate of drug-likeness (QED) is 0.720. The van der Waals surface area contributed by atoms with Crippen LogP contribution in [-0.4, -0.2) is 45.7 Å². The standard InChI is InChI=1S/C12H22F3NO2/c1-2-5-16-8-11(3-6-17-7-4-11)9-18-10-12(13,14)15/h16H,2-10H2,1H3. The number of nitrogens with one attached hydrogen (secondary N) is 1. The Kier molecular flexibility index (Phi) is 6.38. The van der Waals surface area contributed by atoms with Gasteiger partial charge >= 0.3 is 6.18 Å². The van der Waals surface area contributed by atoms with Crippen LogP contribution in [0, 0.1) is 5.41 Å². The Balaban J connectivity index is 2.39. The number of hydrogen-bond acceptors (Lipinski definition) is 3. The maximum Gasteiger partial charge on any atom is 0.411 e. The van der Waals surface area contributed by atoms with Gasteiger partial charge in [-0.15, -0.1) is 0 Å². The minimum atomic E-state index is -4.25. The summed E-state index contributed by atoms with van der Waals surface area (Å²) in [6, 6.07) is 0. The molecule has 0 aromatic heterocycles. The fraction of sp³-hybridized carbons (Fsp3) is 1.00. The third-order valence-electron chi connectivity index (χ3n) is 3.15. The number of alkyl halides is 3. The monoisotopic (exact) mass is 269 g/mol. The summed E-state index contributed by atoms with van der Waals surface area (Å²) >= 11 is 0. The van der Waals surface area contributed by atoms with Crippen LogP contribution in [0.15, 0.2) is 0 Å². The van der Waals surface area contributed by atoms with Gasteiger partial charge in [-0.3, -0.25) is 0 Å². The lowest BCUT2D eigenvalue weighted by Crippen LogP contribution is -2.43. The van der Waals surface area contributed by atoms with Crippen LogP contribution in [0.25, 0.3) is 0 Å². The fourth-order valence-corrected chi connectivity index (χ4v) is 2.09. The molecule has 1 saturated heterocycles. The second kappa shape index (κ2) is 7.31. The summed E-state index contributed by atoms with van der Waals surface area (Å²) in [5.74, 6) is 0. The summed E-state index contributed by atoms with van der Waals surface area (Å²) in [6.07, 6.45) is -1.73. The average molecular weight is 269 g/mol. The molecule has 1 aliphatic rings. The van der Waals surface area contributed by atoms with Crippen molar-refractivity contribution in [2.45, 2.75) is 32.4 Å². The number of halogens is 3. The van der Waals surface area contributed by atoms with E-state index in [1.54, 1.807) is 0 Å². The molecule has 0 aromatic carbocycles. The topological polar surface area (TPSA) is 30.5 Å². The largest absolute Gasteiger partial charge is 0.411 e. The van der Waals surface area contributed by atoms with E-state index in [1.165, 1.54) is 0 Å². The van der Waals surface area contributed by atoms with Crippen LogP contribution in [0.5, 0.6) is 0 Å². The second-order valence-corrected chi connectivity index (χ2v) is 4.90. The normalized spacial score (nSPS) is 20.0. The van der Waals surface area contributed by atoms with Gasteiger partial charge in [0.2, 0.25) is 0 Å². The molecule has 0 unspecified atom stereocenters. The highest BCUT2D eigenvalue weighted by Crippen LogP contribution is 2.31. The van der Waals surface area contributed by atoms with E-state index >= 15 is 0 Å². The molecule has 6 heteroatoms. The minimum absolute atomic E-state index is 0.145. The minimum Gasteiger partial charge on any atom is -0.381 e. The third-order valence-corrected chi connectivity index (χ3v) is 3.15. The Labute approximate surface area is 106 Å². The van der Waals surface area contributed by atoms with Gasteiger partial charge in [-0.2, -0.15) is 13.2 Å². The zero-order chi connectivity index (χ0) is 13.5. The Morgan fingerprint density at radius 3 is 2.50 bits per heavy atom. The lowest BCUT2D eigenvalue weighted by molar-refractivity contribution is -0.184. The molecule has 0 amide bonds. The number of ether oxygens (including phenoxy) is 2. The van der Waals surface area contributed by atoms with Crippen molar-refractivity contribution >= 4 is 0 Å². The predicted octanol–water partition coefficient (Wildman–Crippen LogP) is 2.36. The molecule has 0 spiro atoms. The molecule has 18 heavy (non-hydrogen) atoms. The maximum absolute atomic E-state index is 12.1. The molecule has 0 atom stereocenters. The molecule has 0 bridgehead atoms. The van der Waals surface area contributed by atoms with E-state index in [0.717, 1.165) is 25.8 Å². The molecule has 0 radical (unpaired) electrons. The summed E-state index contributed by atoms with van der Waals surface area (Å²) in [5, 5.41) is 3.28. The zero-order valence-corrected chi connectivity index (χ0v) is 10.8. The van der Waals surface area contributed by atoms with Crippen LogP contribution < -0.4 is 5.32 Å². The Bertz CT molecular complexity index is 228. The van der Waals surface area contributed by atoms with Gasteiger partial charge in [0, 0.05) is 25.2 Å². The van der Waals surface area contributed by atoms with Gasteiger partial charge in [0.1, 0.15) is 6.61 Å². The molecule has 1 aliphatic heterocycles. The highest BCUT2D eigenvalue weighted by atomic mass is 19.4. The van der Waals surface area contributed by atoms with E-state index in [-0.39, 0.29) is 12.0 Å². The molecular formula is C12H22F3NO2. The molecule has 1 rings (SSSR count). The maximum atomic E-state index is 12.1. The van der Waals surface area contributed by atoms with E-state index in [0.29, 0.717) is 19.8 Å². The molecular weight excluding hydrogens is 247 g/mol. The second-order valence-electron chi connectivity index (χ2n) is 4.90. The van der Waals surface area contributed by atoms with Gasteiger partial charge < -0.3 is 14.8 Å². The first-order valence-corrected chi connectivity index (χ1v) is 6.40. The van der Waals surface area contributed by atoms with Crippen molar-refractivity contribution < 1.29 is 22.6 Å². The number of rotatable bonds is 7. The fourth-order valence-electron chi connectivity index (χ4n) is 2.09. The van der Waals surface area contributed by atoms with Gasteiger partial charge in [-0.1, -0.05) is 6.92 Å². The molecule has 1 N–H and O–H groups in total. The van der Waals surface area contributed by atoms with Crippen LogP contribution in [0.2, 0.25) is 0 Å². The van der Waals surface area contributed by atoms with Gasteiger partial charge in [0.05, 0.1) is 6.61 Å². The summed E-state index contributed by atoms with van der Waals surface area (Å²) in [4.78, 5) is 0. The first-order chi connectivity index (χ1) is 8.47. The highest BCUT2D eigenvalue weighted by molar-refractivity contribution is 4.84. The van der Waals surface area contributed by atoms with E-state index in [9.17, 15) is 13.2 Å². The number of hydrogen-bond donors (Lipinski definition) is 1. The lowest BCUT2D eigenvalue weighted by Gasteiger charge is -2.37. The van der Waals surface area contributed by atoms with E-state index in [2.05, 4.69) is 12.2 Å². The molecule has 0 aromatic rings. The van der Waals surface area contributed by atoms with Crippen molar-refractivity contribution in [3.63, 3.8) is 0 Å². The molecule has 3 nitrogen and oxygen atoms in total. The molecule has 0 aliphatic carbocycles. The van der Waals surface area contributed by atoms with Crippen molar-refractivity contribution in [1.29, 1.82) is 0 Å². The summed E-state index contributed by atoms with van der Waals surface area (Å²) < 4.78 is 46.4. The SMILES string of the molecule is CCCNCC1(COCC(F)(F)F)CCOCC1. The Morgan fingerprint density at radius 1 is 1.28 bits per heavy atom. The average Bonchev–Trinajstić information content (AvgIpc) is 2.29. The molecule has 108 valence electrons. The summed E-state index contributed by atoms with van der Waals surface area (Å²) in [6.45, 7) is 3.82. The molecule has 1 heterocycles. The summed E-state index contributed by atoms with van der Waals surface area (Å²) in [7, 11) is 0. The van der Waals surface area contributed by atoms with Crippen molar-refractivity contribution in [1.82, 2.24) is 5.32 Å². The van der Waals surface area contributed by atoms with Crippen LogP contribution in [0.1, 0.15) is 26.2 Å². The van der Waals surface area contributed by atoms with Crippen LogP contribution in [0.4, 0.5) is 13.2 Å². The molecule has 0 saturated carbocycles. The van der Waals surface area contributed by atoms with E-state index in [1.807, 2.05) is 0 Å². The Hall–Kier alpha value is -0.330. The lowest BCUT2D eigenvalue weighted by atomic mass is 9.81.